The maximum absolute atomic E-state index is 11.8. The van der Waals surface area contributed by atoms with E-state index in [2.05, 4.69) is 40.4 Å². The topological polar surface area (TPSA) is 269 Å². The molecule has 0 aliphatic heterocycles. The van der Waals surface area contributed by atoms with Gasteiger partial charge in [-0.15, -0.1) is 0 Å². The molecule has 118 valence electrons. The van der Waals surface area contributed by atoms with E-state index in [1.165, 1.54) is 0 Å². The predicted molar refractivity (Wildman–Crippen MR) is 70.5 cm³/mol. The molecule has 0 bridgehead atoms. The van der Waals surface area contributed by atoms with Gasteiger partial charge in [0.05, 0.1) is 15.7 Å². The van der Waals surface area contributed by atoms with Crippen LogP contribution in [-0.2, 0) is 0 Å². The van der Waals surface area contributed by atoms with Crippen LogP contribution in [0.1, 0.15) is 0 Å². The van der Waals surface area contributed by atoms with Crippen molar-refractivity contribution in [2.45, 2.75) is 0 Å². The van der Waals surface area contributed by atoms with Crippen molar-refractivity contribution < 1.29 is 14.7 Å². The molecule has 1 heterocycles. The van der Waals surface area contributed by atoms with Gasteiger partial charge in [-0.05, 0) is 16.6 Å². The third-order valence-corrected chi connectivity index (χ3v) is 2.50. The quantitative estimate of drug-likeness (QED) is 0.152. The molecule has 0 aliphatic rings. The summed E-state index contributed by atoms with van der Waals surface area (Å²) in [6.45, 7) is 0. The average Bonchev–Trinajstić information content (AvgIpc) is 2.50. The zero-order chi connectivity index (χ0) is 17.9. The molecule has 0 radical (unpaired) electrons. The molecule has 0 unspecified atom stereocenters. The summed E-state index contributed by atoms with van der Waals surface area (Å²) in [4.78, 5) is 16.3. The number of nitro groups is 1. The number of nitro benzene ring substituents is 1. The van der Waals surface area contributed by atoms with Gasteiger partial charge in [-0.1, -0.05) is 15.3 Å². The maximum Gasteiger partial charge on any atom is 0.326 e. The number of nitrogens with zero attached hydrogens (tertiary/aromatic N) is 14. The smallest absolute Gasteiger partial charge is 0.326 e. The SMILES string of the molecule is [N-]=[N+]=Nc1c(N=[N+]=[N-])c(N=[N+]=[N-])c2c(n[n+]([O-])n[n+]2[O-])c1[N+](=O)[O-]. The predicted octanol–water partition coefficient (Wildman–Crippen LogP) is 1.63. The highest BCUT2D eigenvalue weighted by Crippen LogP contribution is 2.49. The average molecular weight is 332 g/mol. The summed E-state index contributed by atoms with van der Waals surface area (Å²) in [6, 6.07) is 0. The molecule has 0 saturated heterocycles. The van der Waals surface area contributed by atoms with E-state index < -0.39 is 48.5 Å². The van der Waals surface area contributed by atoms with Gasteiger partial charge in [0.2, 0.25) is 0 Å². The number of fused-ring (bicyclic) bond motifs is 1. The number of aromatic nitrogens is 4. The van der Waals surface area contributed by atoms with Crippen LogP contribution in [0.2, 0.25) is 0 Å². The summed E-state index contributed by atoms with van der Waals surface area (Å²) >= 11 is 0. The van der Waals surface area contributed by atoms with Crippen molar-refractivity contribution in [1.29, 1.82) is 0 Å². The second kappa shape index (κ2) is 6.00. The Labute approximate surface area is 127 Å². The highest BCUT2D eigenvalue weighted by atomic mass is 16.6. The molecule has 1 aromatic heterocycles. The Morgan fingerprint density at radius 2 is 1.54 bits per heavy atom. The number of azide groups is 3. The van der Waals surface area contributed by atoms with Gasteiger partial charge >= 0.3 is 10.9 Å². The van der Waals surface area contributed by atoms with Crippen molar-refractivity contribution in [3.8, 4) is 0 Å². The van der Waals surface area contributed by atoms with Gasteiger partial charge in [0.25, 0.3) is 11.0 Å². The molecule has 0 aliphatic carbocycles. The highest BCUT2D eigenvalue weighted by molar-refractivity contribution is 6.04. The Morgan fingerprint density at radius 3 is 2.08 bits per heavy atom. The molecule has 0 atom stereocenters. The van der Waals surface area contributed by atoms with E-state index in [-0.39, 0.29) is 0 Å². The Balaban J connectivity index is 3.34. The van der Waals surface area contributed by atoms with Crippen molar-refractivity contribution >= 4 is 33.8 Å². The van der Waals surface area contributed by atoms with E-state index in [9.17, 15) is 20.5 Å². The Bertz CT molecular complexity index is 1030. The number of hydrogen-bond acceptors (Lipinski definition) is 9. The van der Waals surface area contributed by atoms with Crippen molar-refractivity contribution in [3.63, 3.8) is 0 Å². The monoisotopic (exact) mass is 332 g/mol. The fourth-order valence-electron chi connectivity index (χ4n) is 1.76. The molecular weight excluding hydrogens is 332 g/mol. The van der Waals surface area contributed by atoms with Crippen LogP contribution in [0.25, 0.3) is 42.4 Å². The van der Waals surface area contributed by atoms with Crippen LogP contribution in [0, 0.1) is 20.5 Å². The van der Waals surface area contributed by atoms with Gasteiger partial charge in [0.15, 0.2) is 0 Å². The molecule has 0 N–H and O–H groups in total. The molecule has 18 nitrogen and oxygen atoms in total. The van der Waals surface area contributed by atoms with E-state index >= 15 is 0 Å². The van der Waals surface area contributed by atoms with Gasteiger partial charge in [-0.25, -0.2) is 0 Å². The number of benzene rings is 1. The fourth-order valence-corrected chi connectivity index (χ4v) is 1.76. The first-order chi connectivity index (χ1) is 11.5. The van der Waals surface area contributed by atoms with Gasteiger partial charge in [-0.3, -0.25) is 10.1 Å². The Morgan fingerprint density at radius 1 is 1.00 bits per heavy atom. The van der Waals surface area contributed by atoms with Crippen molar-refractivity contribution in [1.82, 2.24) is 10.3 Å². The zero-order valence-electron chi connectivity index (χ0n) is 10.9. The fraction of sp³-hybridized carbons (Fsp3) is 0. The third-order valence-electron chi connectivity index (χ3n) is 2.50. The first-order valence-corrected chi connectivity index (χ1v) is 5.37. The summed E-state index contributed by atoms with van der Waals surface area (Å²) < 4.78 is 0. The molecule has 18 heteroatoms. The van der Waals surface area contributed by atoms with Crippen LogP contribution < -0.4 is 9.80 Å². The third kappa shape index (κ3) is 2.36. The van der Waals surface area contributed by atoms with Crippen molar-refractivity contribution in [3.05, 3.63) is 51.9 Å². The molecule has 0 saturated carbocycles. The summed E-state index contributed by atoms with van der Waals surface area (Å²) in [5.41, 5.74) is 20.4. The number of hydrogen-bond donors (Lipinski definition) is 0. The summed E-state index contributed by atoms with van der Waals surface area (Å²) in [7, 11) is 0. The molecule has 2 rings (SSSR count). The molecule has 0 fully saturated rings. The summed E-state index contributed by atoms with van der Waals surface area (Å²) in [5, 5.41) is 49.3. The standard InChI is InChI=1S/C6N14O4/c7-14-10-1-2(11-15-8)5-4(13-20(24)17-18(5)21)6(19(22)23)3(1)12-16-9. The van der Waals surface area contributed by atoms with E-state index in [1.54, 1.807) is 0 Å². The van der Waals surface area contributed by atoms with Crippen LogP contribution in [-0.4, -0.2) is 15.2 Å². The van der Waals surface area contributed by atoms with E-state index in [0.717, 1.165) is 0 Å². The first kappa shape index (κ1) is 15.7. The lowest BCUT2D eigenvalue weighted by atomic mass is 10.1. The largest absolute Gasteiger partial charge is 0.590 e. The van der Waals surface area contributed by atoms with Crippen LogP contribution in [0.3, 0.4) is 0 Å². The normalized spacial score (nSPS) is 9.50. The second-order valence-electron chi connectivity index (χ2n) is 3.63. The molecule has 0 amide bonds. The molecule has 0 spiro atoms. The first-order valence-electron chi connectivity index (χ1n) is 5.37. The van der Waals surface area contributed by atoms with Crippen LogP contribution >= 0.6 is 0 Å². The van der Waals surface area contributed by atoms with Crippen LogP contribution in [0.4, 0.5) is 22.7 Å². The molecular formula is C6N14O4. The van der Waals surface area contributed by atoms with Gasteiger partial charge in [-0.2, -0.15) is 0 Å². The second-order valence-corrected chi connectivity index (χ2v) is 3.63. The van der Waals surface area contributed by atoms with Crippen molar-refractivity contribution in [2.24, 2.45) is 15.3 Å². The van der Waals surface area contributed by atoms with Crippen LogP contribution in [0.5, 0.6) is 0 Å². The lowest BCUT2D eigenvalue weighted by Gasteiger charge is -2.06. The summed E-state index contributed by atoms with van der Waals surface area (Å²) in [5.74, 6) is 0. The van der Waals surface area contributed by atoms with Gasteiger partial charge in [0.1, 0.15) is 16.3 Å². The lowest BCUT2D eigenvalue weighted by molar-refractivity contribution is -0.863. The minimum absolute atomic E-state index is 0.414. The molecule has 2 aromatic rings. The Kier molecular flexibility index (Phi) is 3.93. The minimum atomic E-state index is -1.13. The van der Waals surface area contributed by atoms with E-state index in [0.29, 0.717) is 0 Å². The lowest BCUT2D eigenvalue weighted by Crippen LogP contribution is -2.50. The Hall–Kier alpha value is -4.65. The van der Waals surface area contributed by atoms with Gasteiger partial charge < -0.3 is 10.4 Å². The summed E-state index contributed by atoms with van der Waals surface area (Å²) in [6.07, 6.45) is 0. The molecule has 24 heavy (non-hydrogen) atoms. The van der Waals surface area contributed by atoms with E-state index in [1.807, 2.05) is 0 Å². The van der Waals surface area contributed by atoms with Gasteiger partial charge in [0, 0.05) is 19.6 Å². The maximum atomic E-state index is 11.8. The van der Waals surface area contributed by atoms with Crippen molar-refractivity contribution in [2.75, 3.05) is 0 Å². The highest BCUT2D eigenvalue weighted by Gasteiger charge is 2.34. The minimum Gasteiger partial charge on any atom is -0.590 e. The molecule has 1 aromatic carbocycles. The van der Waals surface area contributed by atoms with Crippen LogP contribution in [0.15, 0.2) is 15.3 Å². The zero-order valence-corrected chi connectivity index (χ0v) is 10.9. The van der Waals surface area contributed by atoms with E-state index in [4.69, 9.17) is 16.6 Å². The number of rotatable bonds is 4.